The fraction of sp³-hybridized carbons (Fsp3) is 0.429. The van der Waals surface area contributed by atoms with Gasteiger partial charge in [0.1, 0.15) is 11.5 Å². The highest BCUT2D eigenvalue weighted by Gasteiger charge is 2.27. The summed E-state index contributed by atoms with van der Waals surface area (Å²) in [4.78, 5) is 19.8. The molecule has 144 valence electrons. The molecule has 0 saturated carbocycles. The zero-order chi connectivity index (χ0) is 19.1. The number of carbonyl (C=O) groups excluding carboxylic acids is 1. The molecule has 6 heteroatoms. The molecule has 1 N–H and O–H groups in total. The summed E-state index contributed by atoms with van der Waals surface area (Å²) < 4.78 is 10.7. The van der Waals surface area contributed by atoms with Crippen LogP contribution in [0.1, 0.15) is 35.3 Å². The van der Waals surface area contributed by atoms with E-state index >= 15 is 0 Å². The minimum Gasteiger partial charge on any atom is -0.497 e. The predicted octanol–water partition coefficient (Wildman–Crippen LogP) is 2.88. The van der Waals surface area contributed by atoms with Gasteiger partial charge in [-0.3, -0.25) is 9.78 Å². The van der Waals surface area contributed by atoms with Crippen molar-refractivity contribution in [3.63, 3.8) is 0 Å². The molecule has 1 aliphatic heterocycles. The average Bonchev–Trinajstić information content (AvgIpc) is 3.01. The Morgan fingerprint density at radius 1 is 1.15 bits per heavy atom. The molecule has 1 fully saturated rings. The number of benzene rings is 1. The molecule has 1 aromatic heterocycles. The van der Waals surface area contributed by atoms with Gasteiger partial charge in [0.2, 0.25) is 0 Å². The smallest absolute Gasteiger partial charge is 0.254 e. The van der Waals surface area contributed by atoms with E-state index in [1.54, 1.807) is 38.6 Å². The summed E-state index contributed by atoms with van der Waals surface area (Å²) in [7, 11) is 3.18. The maximum Gasteiger partial charge on any atom is 0.254 e. The molecule has 0 aliphatic carbocycles. The molecule has 0 radical (unpaired) electrons. The largest absolute Gasteiger partial charge is 0.497 e. The first-order valence-corrected chi connectivity index (χ1v) is 9.36. The lowest BCUT2D eigenvalue weighted by Crippen LogP contribution is -2.40. The average molecular weight is 369 g/mol. The van der Waals surface area contributed by atoms with E-state index in [9.17, 15) is 4.79 Å². The van der Waals surface area contributed by atoms with Crippen molar-refractivity contribution in [2.45, 2.75) is 31.8 Å². The molecule has 27 heavy (non-hydrogen) atoms. The third-order valence-corrected chi connectivity index (χ3v) is 4.90. The van der Waals surface area contributed by atoms with Crippen molar-refractivity contribution in [3.8, 4) is 11.5 Å². The lowest BCUT2D eigenvalue weighted by atomic mass is 10.0. The van der Waals surface area contributed by atoms with Crippen LogP contribution >= 0.6 is 0 Å². The Labute approximate surface area is 160 Å². The highest BCUT2D eigenvalue weighted by Crippen LogP contribution is 2.26. The Morgan fingerprint density at radius 3 is 2.59 bits per heavy atom. The zero-order valence-electron chi connectivity index (χ0n) is 16.0. The van der Waals surface area contributed by atoms with Crippen molar-refractivity contribution < 1.29 is 14.3 Å². The third kappa shape index (κ3) is 4.98. The van der Waals surface area contributed by atoms with Crippen LogP contribution in [0.4, 0.5) is 0 Å². The number of aromatic nitrogens is 1. The summed E-state index contributed by atoms with van der Waals surface area (Å²) in [6.45, 7) is 2.40. The molecule has 2 heterocycles. The normalized spacial score (nSPS) is 17.0. The number of nitrogens with zero attached hydrogens (tertiary/aromatic N) is 2. The van der Waals surface area contributed by atoms with E-state index < -0.39 is 0 Å². The molecule has 2 aromatic rings. The molecule has 1 amide bonds. The van der Waals surface area contributed by atoms with Crippen LogP contribution in [0.5, 0.6) is 11.5 Å². The van der Waals surface area contributed by atoms with Crippen molar-refractivity contribution >= 4 is 5.91 Å². The van der Waals surface area contributed by atoms with E-state index in [0.717, 1.165) is 38.0 Å². The number of rotatable bonds is 6. The van der Waals surface area contributed by atoms with E-state index in [4.69, 9.17) is 9.47 Å². The maximum atomic E-state index is 13.5. The number of hydrogen-bond donors (Lipinski definition) is 1. The second-order valence-corrected chi connectivity index (χ2v) is 6.69. The maximum absolute atomic E-state index is 13.5. The molecule has 0 bridgehead atoms. The Kier molecular flexibility index (Phi) is 6.65. The lowest BCUT2D eigenvalue weighted by Gasteiger charge is -2.31. The lowest BCUT2D eigenvalue weighted by molar-refractivity contribution is 0.0641. The van der Waals surface area contributed by atoms with Crippen LogP contribution in [0.25, 0.3) is 0 Å². The zero-order valence-corrected chi connectivity index (χ0v) is 16.0. The highest BCUT2D eigenvalue weighted by atomic mass is 16.5. The van der Waals surface area contributed by atoms with Gasteiger partial charge in [-0.25, -0.2) is 0 Å². The number of nitrogens with one attached hydrogen (secondary N) is 1. The van der Waals surface area contributed by atoms with Crippen molar-refractivity contribution in [2.24, 2.45) is 0 Å². The molecular formula is C21H27N3O3. The topological polar surface area (TPSA) is 63.7 Å². The number of ether oxygens (including phenoxy) is 2. The first-order valence-electron chi connectivity index (χ1n) is 9.36. The van der Waals surface area contributed by atoms with Crippen LogP contribution < -0.4 is 14.8 Å². The van der Waals surface area contributed by atoms with Crippen LogP contribution in [0.3, 0.4) is 0 Å². The van der Waals surface area contributed by atoms with Crippen LogP contribution in [-0.2, 0) is 6.54 Å². The number of amides is 1. The molecule has 0 spiro atoms. The van der Waals surface area contributed by atoms with Gasteiger partial charge < -0.3 is 19.7 Å². The van der Waals surface area contributed by atoms with E-state index in [1.165, 1.54) is 0 Å². The summed E-state index contributed by atoms with van der Waals surface area (Å²) >= 11 is 0. The fourth-order valence-corrected chi connectivity index (χ4v) is 3.44. The third-order valence-electron chi connectivity index (χ3n) is 4.90. The van der Waals surface area contributed by atoms with Crippen LogP contribution in [-0.4, -0.2) is 49.1 Å². The number of pyridine rings is 1. The van der Waals surface area contributed by atoms with Crippen LogP contribution in [0.15, 0.2) is 42.6 Å². The van der Waals surface area contributed by atoms with Gasteiger partial charge in [0.15, 0.2) is 0 Å². The van der Waals surface area contributed by atoms with Crippen molar-refractivity contribution in [1.82, 2.24) is 15.2 Å². The second-order valence-electron chi connectivity index (χ2n) is 6.69. The number of carbonyl (C=O) groups is 1. The first-order chi connectivity index (χ1) is 13.2. The van der Waals surface area contributed by atoms with Gasteiger partial charge >= 0.3 is 0 Å². The van der Waals surface area contributed by atoms with Crippen LogP contribution in [0.2, 0.25) is 0 Å². The summed E-state index contributed by atoms with van der Waals surface area (Å²) in [5.41, 5.74) is 1.46. The Bertz CT molecular complexity index is 721. The van der Waals surface area contributed by atoms with Crippen molar-refractivity contribution in [1.29, 1.82) is 0 Å². The summed E-state index contributed by atoms with van der Waals surface area (Å²) in [5, 5.41) is 3.42. The van der Waals surface area contributed by atoms with Gasteiger partial charge in [-0.2, -0.15) is 0 Å². The molecule has 3 rings (SSSR count). The fourth-order valence-electron chi connectivity index (χ4n) is 3.44. The van der Waals surface area contributed by atoms with Gasteiger partial charge in [0, 0.05) is 23.9 Å². The van der Waals surface area contributed by atoms with Gasteiger partial charge in [-0.1, -0.05) is 6.07 Å². The standard InChI is InChI=1S/C21H27N3O3/c1-26-19-12-16(13-20(14-19)27-2)21(25)24(15-17-6-3-4-10-23-17)18-7-5-9-22-11-8-18/h3-4,6,10,12-14,18,22H,5,7-9,11,15H2,1-2H3. The highest BCUT2D eigenvalue weighted by molar-refractivity contribution is 5.95. The van der Waals surface area contributed by atoms with E-state index in [0.29, 0.717) is 23.6 Å². The molecule has 1 unspecified atom stereocenters. The Hall–Kier alpha value is -2.60. The quantitative estimate of drug-likeness (QED) is 0.848. The summed E-state index contributed by atoms with van der Waals surface area (Å²) in [6, 6.07) is 11.3. The SMILES string of the molecule is COc1cc(OC)cc(C(=O)N(Cc2ccccn2)C2CCCNCC2)c1. The first kappa shape index (κ1) is 19.2. The minimum absolute atomic E-state index is 0.0234. The van der Waals surface area contributed by atoms with Gasteiger partial charge in [0.05, 0.1) is 26.5 Å². The molecule has 1 aliphatic rings. The predicted molar refractivity (Wildman–Crippen MR) is 104 cm³/mol. The van der Waals surface area contributed by atoms with Gasteiger partial charge in [0.25, 0.3) is 5.91 Å². The Morgan fingerprint density at radius 2 is 1.93 bits per heavy atom. The Balaban J connectivity index is 1.92. The van der Waals surface area contributed by atoms with E-state index in [1.807, 2.05) is 23.1 Å². The van der Waals surface area contributed by atoms with E-state index in [-0.39, 0.29) is 11.9 Å². The van der Waals surface area contributed by atoms with Gasteiger partial charge in [-0.05, 0) is 56.6 Å². The van der Waals surface area contributed by atoms with Crippen molar-refractivity contribution in [2.75, 3.05) is 27.3 Å². The molecular weight excluding hydrogens is 342 g/mol. The molecule has 1 aromatic carbocycles. The summed E-state index contributed by atoms with van der Waals surface area (Å²) in [5.74, 6) is 1.20. The van der Waals surface area contributed by atoms with Crippen LogP contribution in [0, 0.1) is 0 Å². The molecule has 1 saturated heterocycles. The monoisotopic (exact) mass is 369 g/mol. The number of methoxy groups -OCH3 is 2. The minimum atomic E-state index is -0.0234. The van der Waals surface area contributed by atoms with E-state index in [2.05, 4.69) is 10.3 Å². The molecule has 1 atom stereocenters. The second kappa shape index (κ2) is 9.37. The molecule has 6 nitrogen and oxygen atoms in total. The number of hydrogen-bond acceptors (Lipinski definition) is 5. The van der Waals surface area contributed by atoms with Gasteiger partial charge in [-0.15, -0.1) is 0 Å². The summed E-state index contributed by atoms with van der Waals surface area (Å²) in [6.07, 6.45) is 4.73. The van der Waals surface area contributed by atoms with Crippen molar-refractivity contribution in [3.05, 3.63) is 53.9 Å².